The van der Waals surface area contributed by atoms with Crippen LogP contribution in [0.25, 0.3) is 0 Å². The molecule has 0 amide bonds. The summed E-state index contributed by atoms with van der Waals surface area (Å²) in [4.78, 5) is 2.09. The molecular weight excluding hydrogens is 315 g/mol. The molecule has 0 aromatic heterocycles. The SMILES string of the molecule is CC1SCCN(c2ccc(C#N)c(Br)c2F)C1C. The minimum Gasteiger partial charge on any atom is -0.365 e. The Hall–Kier alpha value is -0.730. The van der Waals surface area contributed by atoms with Crippen LogP contribution in [-0.2, 0) is 0 Å². The summed E-state index contributed by atoms with van der Waals surface area (Å²) in [7, 11) is 0. The third kappa shape index (κ3) is 2.36. The van der Waals surface area contributed by atoms with E-state index in [1.807, 2.05) is 17.8 Å². The van der Waals surface area contributed by atoms with E-state index in [1.54, 1.807) is 12.1 Å². The highest BCUT2D eigenvalue weighted by Crippen LogP contribution is 2.34. The van der Waals surface area contributed by atoms with E-state index >= 15 is 0 Å². The van der Waals surface area contributed by atoms with Crippen LogP contribution in [0.15, 0.2) is 16.6 Å². The summed E-state index contributed by atoms with van der Waals surface area (Å²) in [6, 6.07) is 5.64. The lowest BCUT2D eigenvalue weighted by atomic mass is 10.1. The van der Waals surface area contributed by atoms with Crippen molar-refractivity contribution >= 4 is 33.4 Å². The minimum absolute atomic E-state index is 0.264. The Morgan fingerprint density at radius 3 is 2.89 bits per heavy atom. The molecule has 1 aliphatic rings. The Labute approximate surface area is 119 Å². The van der Waals surface area contributed by atoms with Crippen LogP contribution in [0.2, 0.25) is 0 Å². The minimum atomic E-state index is -0.333. The van der Waals surface area contributed by atoms with Gasteiger partial charge in [-0.1, -0.05) is 6.92 Å². The number of hydrogen-bond donors (Lipinski definition) is 0. The lowest BCUT2D eigenvalue weighted by Gasteiger charge is -2.39. The Morgan fingerprint density at radius 2 is 2.22 bits per heavy atom. The van der Waals surface area contributed by atoms with Crippen molar-refractivity contribution < 1.29 is 4.39 Å². The van der Waals surface area contributed by atoms with Crippen LogP contribution in [0.5, 0.6) is 0 Å². The second-order valence-corrected chi connectivity index (χ2v) is 6.66. The topological polar surface area (TPSA) is 27.0 Å². The highest BCUT2D eigenvalue weighted by atomic mass is 79.9. The van der Waals surface area contributed by atoms with Crippen LogP contribution < -0.4 is 4.90 Å². The summed E-state index contributed by atoms with van der Waals surface area (Å²) in [6.45, 7) is 5.12. The van der Waals surface area contributed by atoms with Crippen LogP contribution in [0.4, 0.5) is 10.1 Å². The van der Waals surface area contributed by atoms with Gasteiger partial charge in [-0.25, -0.2) is 4.39 Å². The molecule has 2 atom stereocenters. The van der Waals surface area contributed by atoms with E-state index in [4.69, 9.17) is 5.26 Å². The first-order valence-electron chi connectivity index (χ1n) is 5.82. The van der Waals surface area contributed by atoms with Crippen molar-refractivity contribution in [3.05, 3.63) is 28.0 Å². The van der Waals surface area contributed by atoms with E-state index in [2.05, 4.69) is 34.7 Å². The molecule has 0 aliphatic carbocycles. The fourth-order valence-corrected chi connectivity index (χ4v) is 3.64. The maximum atomic E-state index is 14.3. The van der Waals surface area contributed by atoms with Crippen molar-refractivity contribution in [3.63, 3.8) is 0 Å². The largest absolute Gasteiger partial charge is 0.365 e. The van der Waals surface area contributed by atoms with Gasteiger partial charge >= 0.3 is 0 Å². The van der Waals surface area contributed by atoms with Gasteiger partial charge in [0.2, 0.25) is 0 Å². The predicted octanol–water partition coefficient (Wildman–Crippen LogP) is 3.79. The first-order chi connectivity index (χ1) is 8.56. The molecule has 0 spiro atoms. The lowest BCUT2D eigenvalue weighted by Crippen LogP contribution is -2.45. The van der Waals surface area contributed by atoms with E-state index in [-0.39, 0.29) is 16.3 Å². The van der Waals surface area contributed by atoms with E-state index in [1.165, 1.54) is 0 Å². The van der Waals surface area contributed by atoms with Gasteiger partial charge in [-0.05, 0) is 35.0 Å². The third-order valence-electron chi connectivity index (χ3n) is 3.38. The zero-order valence-corrected chi connectivity index (χ0v) is 12.7. The molecule has 18 heavy (non-hydrogen) atoms. The molecule has 0 saturated carbocycles. The molecule has 1 aliphatic heterocycles. The fourth-order valence-electron chi connectivity index (χ4n) is 2.12. The summed E-state index contributed by atoms with van der Waals surface area (Å²) in [6.07, 6.45) is 0. The Bertz CT molecular complexity index is 500. The molecule has 2 rings (SSSR count). The van der Waals surface area contributed by atoms with Crippen LogP contribution in [0.3, 0.4) is 0 Å². The molecule has 2 unspecified atom stereocenters. The summed E-state index contributed by atoms with van der Waals surface area (Å²) in [5.74, 6) is 0.669. The van der Waals surface area contributed by atoms with Gasteiger partial charge in [0.1, 0.15) is 6.07 Å². The quantitative estimate of drug-likeness (QED) is 0.784. The lowest BCUT2D eigenvalue weighted by molar-refractivity contribution is 0.578. The second kappa shape index (κ2) is 5.50. The summed E-state index contributed by atoms with van der Waals surface area (Å²) in [5, 5.41) is 9.35. The molecule has 1 fully saturated rings. The Balaban J connectivity index is 2.40. The maximum absolute atomic E-state index is 14.3. The first-order valence-corrected chi connectivity index (χ1v) is 7.66. The second-order valence-electron chi connectivity index (χ2n) is 4.38. The standard InChI is InChI=1S/C13H14BrFN2S/c1-8-9(2)18-6-5-17(8)11-4-3-10(7-16)12(14)13(11)15/h3-4,8-9H,5-6H2,1-2H3. The van der Waals surface area contributed by atoms with E-state index < -0.39 is 0 Å². The van der Waals surface area contributed by atoms with Gasteiger partial charge in [-0.2, -0.15) is 17.0 Å². The van der Waals surface area contributed by atoms with Crippen LogP contribution in [-0.4, -0.2) is 23.6 Å². The van der Waals surface area contributed by atoms with Crippen LogP contribution in [0.1, 0.15) is 19.4 Å². The van der Waals surface area contributed by atoms with Gasteiger partial charge in [0, 0.05) is 23.6 Å². The fraction of sp³-hybridized carbons (Fsp3) is 0.462. The molecule has 1 aromatic carbocycles. The van der Waals surface area contributed by atoms with Gasteiger partial charge in [-0.15, -0.1) is 0 Å². The van der Waals surface area contributed by atoms with Crippen LogP contribution in [0, 0.1) is 17.1 Å². The maximum Gasteiger partial charge on any atom is 0.161 e. The average Bonchev–Trinajstić information content (AvgIpc) is 2.37. The van der Waals surface area contributed by atoms with Crippen molar-refractivity contribution in [2.24, 2.45) is 0 Å². The van der Waals surface area contributed by atoms with E-state index in [0.29, 0.717) is 16.5 Å². The summed E-state index contributed by atoms with van der Waals surface area (Å²) >= 11 is 5.08. The zero-order chi connectivity index (χ0) is 13.3. The number of nitriles is 1. The van der Waals surface area contributed by atoms with Crippen molar-refractivity contribution in [3.8, 4) is 6.07 Å². The van der Waals surface area contributed by atoms with Gasteiger partial charge in [-0.3, -0.25) is 0 Å². The normalized spacial score (nSPS) is 23.8. The highest BCUT2D eigenvalue weighted by molar-refractivity contribution is 9.10. The zero-order valence-electron chi connectivity index (χ0n) is 10.3. The molecule has 96 valence electrons. The van der Waals surface area contributed by atoms with E-state index in [9.17, 15) is 4.39 Å². The number of benzene rings is 1. The average molecular weight is 329 g/mol. The van der Waals surface area contributed by atoms with Gasteiger partial charge in [0.15, 0.2) is 5.82 Å². The number of rotatable bonds is 1. The molecular formula is C13H14BrFN2S. The van der Waals surface area contributed by atoms with Crippen molar-refractivity contribution in [1.29, 1.82) is 5.26 Å². The molecule has 0 N–H and O–H groups in total. The van der Waals surface area contributed by atoms with Gasteiger partial charge in [0.25, 0.3) is 0 Å². The predicted molar refractivity (Wildman–Crippen MR) is 77.5 cm³/mol. The molecule has 2 nitrogen and oxygen atoms in total. The number of halogens is 2. The van der Waals surface area contributed by atoms with Crippen molar-refractivity contribution in [2.45, 2.75) is 25.1 Å². The summed E-state index contributed by atoms with van der Waals surface area (Å²) < 4.78 is 14.6. The van der Waals surface area contributed by atoms with Gasteiger partial charge in [0.05, 0.1) is 15.7 Å². The van der Waals surface area contributed by atoms with Crippen LogP contribution >= 0.6 is 27.7 Å². The van der Waals surface area contributed by atoms with Crippen molar-refractivity contribution in [2.75, 3.05) is 17.2 Å². The Kier molecular flexibility index (Phi) is 4.18. The Morgan fingerprint density at radius 1 is 1.50 bits per heavy atom. The van der Waals surface area contributed by atoms with Crippen molar-refractivity contribution in [1.82, 2.24) is 0 Å². The number of anilines is 1. The number of nitrogens with zero attached hydrogens (tertiary/aromatic N) is 2. The number of hydrogen-bond acceptors (Lipinski definition) is 3. The monoisotopic (exact) mass is 328 g/mol. The summed E-state index contributed by atoms with van der Waals surface area (Å²) in [5.41, 5.74) is 0.920. The molecule has 1 aromatic rings. The van der Waals surface area contributed by atoms with Gasteiger partial charge < -0.3 is 4.90 Å². The molecule has 1 saturated heterocycles. The molecule has 0 radical (unpaired) electrons. The molecule has 0 bridgehead atoms. The first kappa shape index (κ1) is 13.7. The van der Waals surface area contributed by atoms with E-state index in [0.717, 1.165) is 12.3 Å². The highest BCUT2D eigenvalue weighted by Gasteiger charge is 2.28. The number of thioether (sulfide) groups is 1. The molecule has 1 heterocycles. The third-order valence-corrected chi connectivity index (χ3v) is 5.49. The molecule has 5 heteroatoms. The smallest absolute Gasteiger partial charge is 0.161 e.